The van der Waals surface area contributed by atoms with Crippen molar-refractivity contribution in [3.63, 3.8) is 0 Å². The first-order chi connectivity index (χ1) is 9.63. The summed E-state index contributed by atoms with van der Waals surface area (Å²) >= 11 is 0. The van der Waals surface area contributed by atoms with Gasteiger partial charge in [0.25, 0.3) is 0 Å². The third kappa shape index (κ3) is 2.93. The Morgan fingerprint density at radius 2 is 1.70 bits per heavy atom. The fourth-order valence-electron chi connectivity index (χ4n) is 1.77. The smallest absolute Gasteiger partial charge is 0.166 e. The van der Waals surface area contributed by atoms with Crippen molar-refractivity contribution in [2.45, 2.75) is 13.5 Å². The standard InChI is InChI=1S/C16H11FN2O/c1-11-6-12(8-18)2-4-14(11)10-20-16-5-3-13(9-19)7-15(16)17/h2-7H,10H2,1H3. The van der Waals surface area contributed by atoms with E-state index >= 15 is 0 Å². The molecular weight excluding hydrogens is 255 g/mol. The van der Waals surface area contributed by atoms with Crippen molar-refractivity contribution in [2.24, 2.45) is 0 Å². The molecule has 2 aromatic rings. The first-order valence-corrected chi connectivity index (χ1v) is 5.96. The van der Waals surface area contributed by atoms with Crippen LogP contribution in [0.2, 0.25) is 0 Å². The van der Waals surface area contributed by atoms with Gasteiger partial charge in [-0.15, -0.1) is 0 Å². The summed E-state index contributed by atoms with van der Waals surface area (Å²) in [6, 6.07) is 13.2. The number of hydrogen-bond acceptors (Lipinski definition) is 3. The first-order valence-electron chi connectivity index (χ1n) is 5.96. The maximum Gasteiger partial charge on any atom is 0.166 e. The number of nitrogens with zero attached hydrogens (tertiary/aromatic N) is 2. The predicted molar refractivity (Wildman–Crippen MR) is 71.3 cm³/mol. The highest BCUT2D eigenvalue weighted by atomic mass is 19.1. The Labute approximate surface area is 116 Å². The number of hydrogen-bond donors (Lipinski definition) is 0. The van der Waals surface area contributed by atoms with Crippen LogP contribution < -0.4 is 4.74 Å². The third-order valence-electron chi connectivity index (χ3n) is 2.92. The Kier molecular flexibility index (Phi) is 3.98. The summed E-state index contributed by atoms with van der Waals surface area (Å²) in [6.45, 7) is 2.08. The minimum Gasteiger partial charge on any atom is -0.486 e. The molecule has 0 unspecified atom stereocenters. The summed E-state index contributed by atoms with van der Waals surface area (Å²) in [5.41, 5.74) is 2.63. The van der Waals surface area contributed by atoms with E-state index in [-0.39, 0.29) is 17.9 Å². The van der Waals surface area contributed by atoms with Gasteiger partial charge >= 0.3 is 0 Å². The normalized spacial score (nSPS) is 9.60. The maximum atomic E-state index is 13.6. The lowest BCUT2D eigenvalue weighted by atomic mass is 10.1. The number of rotatable bonds is 3. The quantitative estimate of drug-likeness (QED) is 0.854. The van der Waals surface area contributed by atoms with Gasteiger partial charge in [-0.05, 0) is 48.4 Å². The summed E-state index contributed by atoms with van der Waals surface area (Å²) in [6.07, 6.45) is 0. The highest BCUT2D eigenvalue weighted by molar-refractivity contribution is 5.38. The molecule has 0 amide bonds. The van der Waals surface area contributed by atoms with Gasteiger partial charge < -0.3 is 4.74 Å². The second kappa shape index (κ2) is 5.86. The van der Waals surface area contributed by atoms with Crippen molar-refractivity contribution in [1.29, 1.82) is 10.5 Å². The largest absolute Gasteiger partial charge is 0.486 e. The summed E-state index contributed by atoms with van der Waals surface area (Å²) in [5.74, 6) is -0.455. The molecule has 0 aliphatic carbocycles. The SMILES string of the molecule is Cc1cc(C#N)ccc1COc1ccc(C#N)cc1F. The van der Waals surface area contributed by atoms with E-state index in [0.717, 1.165) is 17.2 Å². The molecule has 2 rings (SSSR count). The number of ether oxygens (including phenoxy) is 1. The lowest BCUT2D eigenvalue weighted by Crippen LogP contribution is -2.00. The van der Waals surface area contributed by atoms with Crippen LogP contribution in [0.25, 0.3) is 0 Å². The summed E-state index contributed by atoms with van der Waals surface area (Å²) in [7, 11) is 0. The molecule has 0 aliphatic rings. The highest BCUT2D eigenvalue weighted by Gasteiger charge is 2.06. The molecule has 0 atom stereocenters. The number of aryl methyl sites for hydroxylation is 1. The average molecular weight is 266 g/mol. The molecule has 0 heterocycles. The fourth-order valence-corrected chi connectivity index (χ4v) is 1.77. The lowest BCUT2D eigenvalue weighted by Gasteiger charge is -2.09. The van der Waals surface area contributed by atoms with E-state index in [9.17, 15) is 4.39 Å². The molecule has 2 aromatic carbocycles. The number of benzene rings is 2. The van der Waals surface area contributed by atoms with Crippen LogP contribution >= 0.6 is 0 Å². The van der Waals surface area contributed by atoms with Gasteiger partial charge in [0.1, 0.15) is 6.61 Å². The zero-order valence-corrected chi connectivity index (χ0v) is 10.9. The molecule has 0 aliphatic heterocycles. The minimum atomic E-state index is -0.560. The summed E-state index contributed by atoms with van der Waals surface area (Å²) in [4.78, 5) is 0. The van der Waals surface area contributed by atoms with E-state index in [2.05, 4.69) is 6.07 Å². The van der Waals surface area contributed by atoms with Crippen LogP contribution in [0.5, 0.6) is 5.75 Å². The molecule has 0 spiro atoms. The van der Waals surface area contributed by atoms with Gasteiger partial charge in [0.05, 0.1) is 23.3 Å². The van der Waals surface area contributed by atoms with Crippen molar-refractivity contribution >= 4 is 0 Å². The average Bonchev–Trinajstić information content (AvgIpc) is 2.46. The Hall–Kier alpha value is -2.85. The molecule has 0 radical (unpaired) electrons. The Morgan fingerprint density at radius 3 is 2.30 bits per heavy atom. The molecule has 0 bridgehead atoms. The molecule has 3 nitrogen and oxygen atoms in total. The molecule has 0 fully saturated rings. The van der Waals surface area contributed by atoms with Crippen LogP contribution in [0.3, 0.4) is 0 Å². The molecule has 0 saturated heterocycles. The topological polar surface area (TPSA) is 56.8 Å². The monoisotopic (exact) mass is 266 g/mol. The number of nitriles is 2. The van der Waals surface area contributed by atoms with E-state index in [1.807, 2.05) is 13.0 Å². The van der Waals surface area contributed by atoms with Crippen molar-refractivity contribution in [3.8, 4) is 17.9 Å². The van der Waals surface area contributed by atoms with Crippen LogP contribution in [0, 0.1) is 35.4 Å². The van der Waals surface area contributed by atoms with Crippen molar-refractivity contribution in [1.82, 2.24) is 0 Å². The van der Waals surface area contributed by atoms with Crippen molar-refractivity contribution < 1.29 is 9.13 Å². The van der Waals surface area contributed by atoms with Crippen LogP contribution in [-0.2, 0) is 6.61 Å². The zero-order chi connectivity index (χ0) is 14.5. The lowest BCUT2D eigenvalue weighted by molar-refractivity contribution is 0.289. The van der Waals surface area contributed by atoms with Crippen LogP contribution in [0.1, 0.15) is 22.3 Å². The van der Waals surface area contributed by atoms with E-state index in [0.29, 0.717) is 5.56 Å². The highest BCUT2D eigenvalue weighted by Crippen LogP contribution is 2.20. The van der Waals surface area contributed by atoms with E-state index in [1.54, 1.807) is 18.2 Å². The van der Waals surface area contributed by atoms with Crippen LogP contribution in [0.15, 0.2) is 36.4 Å². The van der Waals surface area contributed by atoms with Gasteiger partial charge in [-0.3, -0.25) is 0 Å². The second-order valence-electron chi connectivity index (χ2n) is 4.30. The molecule has 20 heavy (non-hydrogen) atoms. The van der Waals surface area contributed by atoms with Crippen molar-refractivity contribution in [3.05, 3.63) is 64.5 Å². The van der Waals surface area contributed by atoms with Gasteiger partial charge in [-0.1, -0.05) is 6.07 Å². The Bertz CT molecular complexity index is 663. The van der Waals surface area contributed by atoms with Crippen LogP contribution in [-0.4, -0.2) is 0 Å². The Morgan fingerprint density at radius 1 is 1.05 bits per heavy atom. The maximum absolute atomic E-state index is 13.6. The van der Waals surface area contributed by atoms with Gasteiger partial charge in [-0.2, -0.15) is 10.5 Å². The van der Waals surface area contributed by atoms with Crippen molar-refractivity contribution in [2.75, 3.05) is 0 Å². The molecule has 0 N–H and O–H groups in total. The minimum absolute atomic E-state index is 0.104. The van der Waals surface area contributed by atoms with E-state index < -0.39 is 5.82 Å². The molecule has 0 saturated carbocycles. The molecular formula is C16H11FN2O. The van der Waals surface area contributed by atoms with E-state index in [1.165, 1.54) is 12.1 Å². The second-order valence-corrected chi connectivity index (χ2v) is 4.30. The molecule has 98 valence electrons. The predicted octanol–water partition coefficient (Wildman–Crippen LogP) is 3.46. The first kappa shape index (κ1) is 13.6. The van der Waals surface area contributed by atoms with Gasteiger partial charge in [0.15, 0.2) is 11.6 Å². The van der Waals surface area contributed by atoms with E-state index in [4.69, 9.17) is 15.3 Å². The van der Waals surface area contributed by atoms with Gasteiger partial charge in [0.2, 0.25) is 0 Å². The van der Waals surface area contributed by atoms with Gasteiger partial charge in [-0.25, -0.2) is 4.39 Å². The number of halogens is 1. The zero-order valence-electron chi connectivity index (χ0n) is 10.9. The Balaban J connectivity index is 2.13. The van der Waals surface area contributed by atoms with Crippen LogP contribution in [0.4, 0.5) is 4.39 Å². The van der Waals surface area contributed by atoms with Gasteiger partial charge in [0, 0.05) is 0 Å². The summed E-state index contributed by atoms with van der Waals surface area (Å²) in [5, 5.41) is 17.5. The fraction of sp³-hybridized carbons (Fsp3) is 0.125. The molecule has 0 aromatic heterocycles. The summed E-state index contributed by atoms with van der Waals surface area (Å²) < 4.78 is 19.0. The molecule has 4 heteroatoms. The third-order valence-corrected chi connectivity index (χ3v) is 2.92.